The Bertz CT molecular complexity index is 419. The van der Waals surface area contributed by atoms with E-state index in [9.17, 15) is 18.0 Å². The molecule has 18 heavy (non-hydrogen) atoms. The van der Waals surface area contributed by atoms with E-state index in [1.807, 2.05) is 0 Å². The molecule has 1 fully saturated rings. The fraction of sp³-hybridized carbons (Fsp3) is 0.500. The Hall–Kier alpha value is -1.54. The van der Waals surface area contributed by atoms with E-state index in [2.05, 4.69) is 15.8 Å². The van der Waals surface area contributed by atoms with Crippen LogP contribution in [0.4, 0.5) is 13.2 Å². The Morgan fingerprint density at radius 1 is 1.39 bits per heavy atom. The summed E-state index contributed by atoms with van der Waals surface area (Å²) >= 11 is 0. The predicted molar refractivity (Wildman–Crippen MR) is 55.4 cm³/mol. The normalized spacial score (nSPS) is 28.5. The zero-order valence-electron chi connectivity index (χ0n) is 9.16. The molecule has 0 spiro atoms. The van der Waals surface area contributed by atoms with E-state index in [0.29, 0.717) is 5.56 Å². The lowest BCUT2D eigenvalue weighted by Gasteiger charge is -2.22. The number of H-pyrrole nitrogens is 1. The number of carboxylic acids is 1. The smallest absolute Gasteiger partial charge is 0.405 e. The second-order valence-electron chi connectivity index (χ2n) is 4.19. The standard InChI is InChI=1S/C10H12F3N3O2/c11-10(12,13)9-6(3-7(17)18)8(15-16-9)5-1-2-14-4-5/h1-2,4,6,8-9,14-16H,3H2,(H,17,18). The van der Waals surface area contributed by atoms with Gasteiger partial charge < -0.3 is 10.1 Å². The van der Waals surface area contributed by atoms with Gasteiger partial charge in [-0.05, 0) is 11.6 Å². The third kappa shape index (κ3) is 2.49. The number of aromatic amines is 1. The molecule has 4 N–H and O–H groups in total. The van der Waals surface area contributed by atoms with Crippen molar-refractivity contribution in [1.82, 2.24) is 15.8 Å². The molecule has 0 aliphatic carbocycles. The van der Waals surface area contributed by atoms with Gasteiger partial charge in [-0.3, -0.25) is 4.79 Å². The van der Waals surface area contributed by atoms with Gasteiger partial charge in [-0.2, -0.15) is 13.2 Å². The van der Waals surface area contributed by atoms with Gasteiger partial charge in [0, 0.05) is 18.3 Å². The summed E-state index contributed by atoms with van der Waals surface area (Å²) in [5.41, 5.74) is 5.25. The molecule has 0 amide bonds. The summed E-state index contributed by atoms with van der Waals surface area (Å²) in [6.45, 7) is 0. The maximum Gasteiger partial charge on any atom is 0.405 e. The molecular formula is C10H12F3N3O2. The Labute approximate surface area is 100 Å². The maximum atomic E-state index is 12.8. The van der Waals surface area contributed by atoms with Crippen molar-refractivity contribution in [2.24, 2.45) is 5.92 Å². The molecule has 0 radical (unpaired) electrons. The van der Waals surface area contributed by atoms with Crippen molar-refractivity contribution in [2.75, 3.05) is 0 Å². The summed E-state index contributed by atoms with van der Waals surface area (Å²) < 4.78 is 38.3. The number of hydrazine groups is 1. The van der Waals surface area contributed by atoms with Gasteiger partial charge in [0.05, 0.1) is 12.5 Å². The van der Waals surface area contributed by atoms with Crippen molar-refractivity contribution in [3.8, 4) is 0 Å². The zero-order chi connectivity index (χ0) is 13.3. The van der Waals surface area contributed by atoms with Crippen LogP contribution in [-0.4, -0.2) is 28.3 Å². The van der Waals surface area contributed by atoms with Gasteiger partial charge in [-0.15, -0.1) is 0 Å². The van der Waals surface area contributed by atoms with Crippen LogP contribution >= 0.6 is 0 Å². The van der Waals surface area contributed by atoms with Crippen molar-refractivity contribution in [3.63, 3.8) is 0 Å². The van der Waals surface area contributed by atoms with Crippen molar-refractivity contribution in [1.29, 1.82) is 0 Å². The highest BCUT2D eigenvalue weighted by Gasteiger charge is 2.52. The van der Waals surface area contributed by atoms with Gasteiger partial charge >= 0.3 is 12.1 Å². The van der Waals surface area contributed by atoms with E-state index in [4.69, 9.17) is 5.11 Å². The van der Waals surface area contributed by atoms with Gasteiger partial charge in [0.2, 0.25) is 0 Å². The average molecular weight is 263 g/mol. The highest BCUT2D eigenvalue weighted by atomic mass is 19.4. The first-order valence-electron chi connectivity index (χ1n) is 5.32. The van der Waals surface area contributed by atoms with Crippen molar-refractivity contribution in [2.45, 2.75) is 24.7 Å². The molecule has 100 valence electrons. The molecule has 1 aliphatic rings. The maximum absolute atomic E-state index is 12.8. The van der Waals surface area contributed by atoms with Crippen LogP contribution < -0.4 is 10.9 Å². The van der Waals surface area contributed by atoms with E-state index in [1.54, 1.807) is 18.5 Å². The number of hydrogen-bond donors (Lipinski definition) is 4. The summed E-state index contributed by atoms with van der Waals surface area (Å²) in [4.78, 5) is 13.4. The van der Waals surface area contributed by atoms with Gasteiger partial charge in [0.1, 0.15) is 6.04 Å². The largest absolute Gasteiger partial charge is 0.481 e. The average Bonchev–Trinajstić information content (AvgIpc) is 2.81. The number of halogens is 3. The number of alkyl halides is 3. The number of carbonyl (C=O) groups is 1. The third-order valence-corrected chi connectivity index (χ3v) is 2.99. The highest BCUT2D eigenvalue weighted by Crippen LogP contribution is 2.38. The summed E-state index contributed by atoms with van der Waals surface area (Å²) in [7, 11) is 0. The van der Waals surface area contributed by atoms with E-state index in [1.165, 1.54) is 0 Å². The second kappa shape index (κ2) is 4.62. The number of aromatic nitrogens is 1. The van der Waals surface area contributed by atoms with Gasteiger partial charge in [0.15, 0.2) is 0 Å². The zero-order valence-corrected chi connectivity index (χ0v) is 9.16. The van der Waals surface area contributed by atoms with E-state index < -0.39 is 36.6 Å². The Morgan fingerprint density at radius 3 is 2.61 bits per heavy atom. The van der Waals surface area contributed by atoms with Crippen LogP contribution in [0.25, 0.3) is 0 Å². The highest BCUT2D eigenvalue weighted by molar-refractivity contribution is 5.67. The molecule has 2 rings (SSSR count). The van der Waals surface area contributed by atoms with Crippen LogP contribution in [0.1, 0.15) is 18.0 Å². The lowest BCUT2D eigenvalue weighted by Crippen LogP contribution is -2.44. The molecule has 1 aliphatic heterocycles. The number of rotatable bonds is 3. The first kappa shape index (κ1) is 12.9. The quantitative estimate of drug-likeness (QED) is 0.660. The van der Waals surface area contributed by atoms with Crippen LogP contribution in [0.5, 0.6) is 0 Å². The molecule has 0 aromatic carbocycles. The second-order valence-corrected chi connectivity index (χ2v) is 4.19. The van der Waals surface area contributed by atoms with Gasteiger partial charge in [0.25, 0.3) is 0 Å². The molecular weight excluding hydrogens is 251 g/mol. The Kier molecular flexibility index (Phi) is 3.31. The molecule has 2 heterocycles. The van der Waals surface area contributed by atoms with E-state index in [0.717, 1.165) is 0 Å². The fourth-order valence-electron chi connectivity index (χ4n) is 2.21. The van der Waals surface area contributed by atoms with Crippen molar-refractivity contribution >= 4 is 5.97 Å². The summed E-state index contributed by atoms with van der Waals surface area (Å²) in [5.74, 6) is -2.33. The van der Waals surface area contributed by atoms with Crippen LogP contribution in [-0.2, 0) is 4.79 Å². The van der Waals surface area contributed by atoms with Crippen LogP contribution in [0, 0.1) is 5.92 Å². The minimum Gasteiger partial charge on any atom is -0.481 e. The van der Waals surface area contributed by atoms with Crippen LogP contribution in [0.2, 0.25) is 0 Å². The predicted octanol–water partition coefficient (Wildman–Crippen LogP) is 1.19. The van der Waals surface area contributed by atoms with Crippen molar-refractivity contribution < 1.29 is 23.1 Å². The topological polar surface area (TPSA) is 77.1 Å². The minimum atomic E-state index is -4.49. The number of aliphatic carboxylic acids is 1. The summed E-state index contributed by atoms with van der Waals surface area (Å²) in [6, 6.07) is -0.931. The van der Waals surface area contributed by atoms with Crippen molar-refractivity contribution in [3.05, 3.63) is 24.0 Å². The molecule has 8 heteroatoms. The van der Waals surface area contributed by atoms with Gasteiger partial charge in [-0.1, -0.05) is 0 Å². The first-order valence-corrected chi connectivity index (χ1v) is 5.32. The molecule has 3 atom stereocenters. The first-order chi connectivity index (χ1) is 8.39. The number of carboxylic acid groups (broad SMARTS) is 1. The fourth-order valence-corrected chi connectivity index (χ4v) is 2.21. The van der Waals surface area contributed by atoms with E-state index >= 15 is 0 Å². The van der Waals surface area contributed by atoms with Crippen LogP contribution in [0.3, 0.4) is 0 Å². The lowest BCUT2D eigenvalue weighted by atomic mass is 9.87. The molecule has 0 bridgehead atoms. The lowest BCUT2D eigenvalue weighted by molar-refractivity contribution is -0.165. The van der Waals surface area contributed by atoms with Crippen LogP contribution in [0.15, 0.2) is 18.5 Å². The molecule has 1 aromatic heterocycles. The SMILES string of the molecule is O=C(O)CC1C(c2cc[nH]c2)NNC1C(F)(F)F. The number of hydrogen-bond acceptors (Lipinski definition) is 3. The molecule has 0 saturated carbocycles. The Balaban J connectivity index is 2.24. The van der Waals surface area contributed by atoms with E-state index in [-0.39, 0.29) is 0 Å². The Morgan fingerprint density at radius 2 is 2.11 bits per heavy atom. The minimum absolute atomic E-state index is 0.556. The summed E-state index contributed by atoms with van der Waals surface area (Å²) in [6.07, 6.45) is -1.92. The van der Waals surface area contributed by atoms with Gasteiger partial charge in [-0.25, -0.2) is 10.9 Å². The molecule has 1 aromatic rings. The monoisotopic (exact) mass is 263 g/mol. The molecule has 5 nitrogen and oxygen atoms in total. The molecule has 1 saturated heterocycles. The number of nitrogens with one attached hydrogen (secondary N) is 3. The molecule has 3 unspecified atom stereocenters. The summed E-state index contributed by atoms with van der Waals surface area (Å²) in [5, 5.41) is 8.74. The third-order valence-electron chi connectivity index (χ3n) is 2.99.